The molecule has 2 aromatic rings. The third-order valence-electron chi connectivity index (χ3n) is 3.96. The van der Waals surface area contributed by atoms with Crippen LogP contribution >= 0.6 is 11.3 Å². The summed E-state index contributed by atoms with van der Waals surface area (Å²) >= 11 is 1.34. The lowest BCUT2D eigenvalue weighted by Crippen LogP contribution is -2.45. The molecule has 1 amide bonds. The highest BCUT2D eigenvalue weighted by Crippen LogP contribution is 2.39. The summed E-state index contributed by atoms with van der Waals surface area (Å²) in [6.45, 7) is 0.461. The molecule has 0 saturated heterocycles. The van der Waals surface area contributed by atoms with E-state index in [1.807, 2.05) is 0 Å². The van der Waals surface area contributed by atoms with Crippen LogP contribution in [-0.4, -0.2) is 33.6 Å². The zero-order valence-electron chi connectivity index (χ0n) is 10.8. The van der Waals surface area contributed by atoms with Crippen molar-refractivity contribution >= 4 is 22.2 Å². The summed E-state index contributed by atoms with van der Waals surface area (Å²) in [6.07, 6.45) is 5.81. The van der Waals surface area contributed by atoms with Crippen molar-refractivity contribution < 1.29 is 9.90 Å². The average molecular weight is 293 g/mol. The summed E-state index contributed by atoms with van der Waals surface area (Å²) in [5.41, 5.74) is -0.528. The summed E-state index contributed by atoms with van der Waals surface area (Å²) in [4.78, 5) is 28.9. The van der Waals surface area contributed by atoms with E-state index in [2.05, 4.69) is 10.3 Å². The molecule has 0 unspecified atom stereocenters. The van der Waals surface area contributed by atoms with Crippen LogP contribution in [0.25, 0.3) is 4.96 Å². The number of hydrogen-bond donors (Lipinski definition) is 2. The van der Waals surface area contributed by atoms with Crippen LogP contribution < -0.4 is 10.9 Å². The lowest BCUT2D eigenvalue weighted by Gasteiger charge is -2.40. The predicted octanol–water partition coefficient (Wildman–Crippen LogP) is 0.648. The number of hydrogen-bond acceptors (Lipinski definition) is 5. The normalized spacial score (nSPS) is 16.9. The van der Waals surface area contributed by atoms with Gasteiger partial charge in [0.25, 0.3) is 11.5 Å². The number of nitrogens with one attached hydrogen (secondary N) is 1. The minimum atomic E-state index is -0.428. The Morgan fingerprint density at radius 1 is 1.55 bits per heavy atom. The fraction of sp³-hybridized carbons (Fsp3) is 0.462. The van der Waals surface area contributed by atoms with Gasteiger partial charge in [-0.15, -0.1) is 11.3 Å². The number of aliphatic hydroxyl groups is 1. The molecule has 106 valence electrons. The van der Waals surface area contributed by atoms with E-state index in [4.69, 9.17) is 0 Å². The van der Waals surface area contributed by atoms with E-state index in [1.54, 1.807) is 11.6 Å². The fourth-order valence-electron chi connectivity index (χ4n) is 2.41. The molecular weight excluding hydrogens is 278 g/mol. The molecule has 7 heteroatoms. The predicted molar refractivity (Wildman–Crippen MR) is 75.0 cm³/mol. The minimum Gasteiger partial charge on any atom is -0.396 e. The van der Waals surface area contributed by atoms with Crippen LogP contribution in [0.2, 0.25) is 0 Å². The molecule has 1 aliphatic rings. The number of rotatable bonds is 4. The fourth-order valence-corrected chi connectivity index (χ4v) is 3.09. The summed E-state index contributed by atoms with van der Waals surface area (Å²) in [5.74, 6) is -0.428. The molecule has 0 radical (unpaired) electrons. The monoisotopic (exact) mass is 293 g/mol. The molecule has 0 aromatic carbocycles. The molecule has 2 aromatic heterocycles. The van der Waals surface area contributed by atoms with Gasteiger partial charge in [-0.25, -0.2) is 4.98 Å². The molecule has 0 aliphatic heterocycles. The highest BCUT2D eigenvalue weighted by Gasteiger charge is 2.36. The first-order valence-electron chi connectivity index (χ1n) is 6.49. The minimum absolute atomic E-state index is 0.0355. The van der Waals surface area contributed by atoms with Crippen LogP contribution in [0.3, 0.4) is 0 Å². The van der Waals surface area contributed by atoms with Gasteiger partial charge in [0.2, 0.25) is 0 Å². The van der Waals surface area contributed by atoms with Gasteiger partial charge in [-0.2, -0.15) is 0 Å². The maximum absolute atomic E-state index is 12.1. The van der Waals surface area contributed by atoms with Crippen LogP contribution in [0, 0.1) is 5.41 Å². The van der Waals surface area contributed by atoms with Crippen molar-refractivity contribution in [3.63, 3.8) is 0 Å². The van der Waals surface area contributed by atoms with E-state index in [0.29, 0.717) is 11.5 Å². The Hall–Kier alpha value is -1.73. The molecule has 0 spiro atoms. The lowest BCUT2D eigenvalue weighted by atomic mass is 9.69. The van der Waals surface area contributed by atoms with Crippen LogP contribution in [0.1, 0.15) is 29.6 Å². The number of thiazole rings is 1. The first kappa shape index (κ1) is 13.3. The first-order chi connectivity index (χ1) is 9.65. The Balaban J connectivity index is 1.78. The summed E-state index contributed by atoms with van der Waals surface area (Å²) in [7, 11) is 0. The topological polar surface area (TPSA) is 83.7 Å². The van der Waals surface area contributed by atoms with E-state index in [1.165, 1.54) is 21.9 Å². The van der Waals surface area contributed by atoms with Crippen molar-refractivity contribution in [3.05, 3.63) is 33.7 Å². The number of amides is 1. The maximum atomic E-state index is 12.1. The van der Waals surface area contributed by atoms with Gasteiger partial charge in [0.1, 0.15) is 5.56 Å². The van der Waals surface area contributed by atoms with E-state index in [-0.39, 0.29) is 23.1 Å². The summed E-state index contributed by atoms with van der Waals surface area (Å²) in [5, 5.41) is 13.9. The Kier molecular flexibility index (Phi) is 3.31. The zero-order chi connectivity index (χ0) is 14.2. The Morgan fingerprint density at radius 2 is 2.35 bits per heavy atom. The number of fused-ring (bicyclic) bond motifs is 1. The van der Waals surface area contributed by atoms with Crippen molar-refractivity contribution in [2.45, 2.75) is 19.3 Å². The van der Waals surface area contributed by atoms with Gasteiger partial charge < -0.3 is 10.4 Å². The van der Waals surface area contributed by atoms with Crippen molar-refractivity contribution in [3.8, 4) is 0 Å². The molecule has 3 rings (SSSR count). The van der Waals surface area contributed by atoms with Gasteiger partial charge in [-0.3, -0.25) is 14.0 Å². The Morgan fingerprint density at radius 3 is 3.00 bits per heavy atom. The Bertz CT molecular complexity index is 697. The van der Waals surface area contributed by atoms with Gasteiger partial charge in [-0.1, -0.05) is 6.42 Å². The van der Waals surface area contributed by atoms with Crippen molar-refractivity contribution in [1.82, 2.24) is 14.7 Å². The van der Waals surface area contributed by atoms with Gasteiger partial charge in [0.15, 0.2) is 4.96 Å². The number of carbonyl (C=O) groups is 1. The van der Waals surface area contributed by atoms with Crippen molar-refractivity contribution in [1.29, 1.82) is 0 Å². The quantitative estimate of drug-likeness (QED) is 0.867. The van der Waals surface area contributed by atoms with Gasteiger partial charge in [-0.05, 0) is 12.8 Å². The van der Waals surface area contributed by atoms with Crippen molar-refractivity contribution in [2.24, 2.45) is 5.41 Å². The molecule has 6 nitrogen and oxygen atoms in total. The third kappa shape index (κ3) is 2.12. The zero-order valence-corrected chi connectivity index (χ0v) is 11.7. The first-order valence-corrected chi connectivity index (χ1v) is 7.37. The maximum Gasteiger partial charge on any atom is 0.271 e. The van der Waals surface area contributed by atoms with E-state index in [9.17, 15) is 14.7 Å². The van der Waals surface area contributed by atoms with Crippen LogP contribution in [0.4, 0.5) is 0 Å². The summed E-state index contributed by atoms with van der Waals surface area (Å²) < 4.78 is 1.37. The molecule has 2 N–H and O–H groups in total. The highest BCUT2D eigenvalue weighted by molar-refractivity contribution is 7.15. The number of carbonyl (C=O) groups excluding carboxylic acids is 1. The molecule has 1 fully saturated rings. The van der Waals surface area contributed by atoms with E-state index in [0.717, 1.165) is 19.3 Å². The average Bonchev–Trinajstić information content (AvgIpc) is 2.87. The molecular formula is C13H15N3O3S. The third-order valence-corrected chi connectivity index (χ3v) is 4.73. The second-order valence-corrected chi connectivity index (χ2v) is 6.10. The lowest BCUT2D eigenvalue weighted by molar-refractivity contribution is 0.0428. The second kappa shape index (κ2) is 4.99. The van der Waals surface area contributed by atoms with Gasteiger partial charge in [0, 0.05) is 29.7 Å². The SMILES string of the molecule is O=C(NCC1(CO)CCC1)c1cnc2sccn2c1=O. The highest BCUT2D eigenvalue weighted by atomic mass is 32.1. The second-order valence-electron chi connectivity index (χ2n) is 5.23. The largest absolute Gasteiger partial charge is 0.396 e. The van der Waals surface area contributed by atoms with Crippen LogP contribution in [0.5, 0.6) is 0 Å². The molecule has 2 heterocycles. The number of aromatic nitrogens is 2. The van der Waals surface area contributed by atoms with Gasteiger partial charge in [0.05, 0.1) is 6.61 Å². The molecule has 0 atom stereocenters. The molecule has 1 saturated carbocycles. The standard InChI is InChI=1S/C13H15N3O3S/c17-8-13(2-1-3-13)7-15-10(18)9-6-14-12-16(11(9)19)4-5-20-12/h4-6,17H,1-3,7-8H2,(H,15,18). The molecule has 20 heavy (non-hydrogen) atoms. The molecule has 1 aliphatic carbocycles. The smallest absolute Gasteiger partial charge is 0.271 e. The molecule has 0 bridgehead atoms. The van der Waals surface area contributed by atoms with Crippen LogP contribution in [-0.2, 0) is 0 Å². The van der Waals surface area contributed by atoms with Gasteiger partial charge >= 0.3 is 0 Å². The number of nitrogens with zero attached hydrogens (tertiary/aromatic N) is 2. The van der Waals surface area contributed by atoms with Crippen molar-refractivity contribution in [2.75, 3.05) is 13.2 Å². The van der Waals surface area contributed by atoms with Crippen LogP contribution in [0.15, 0.2) is 22.6 Å². The number of aliphatic hydroxyl groups excluding tert-OH is 1. The summed E-state index contributed by atoms with van der Waals surface area (Å²) in [6, 6.07) is 0. The van der Waals surface area contributed by atoms with E-state index < -0.39 is 5.91 Å². The van der Waals surface area contributed by atoms with E-state index >= 15 is 0 Å². The Labute approximate surface area is 119 Å².